The topological polar surface area (TPSA) is 78.9 Å². The van der Waals surface area contributed by atoms with Crippen LogP contribution in [0.4, 0.5) is 0 Å². The molecule has 0 aliphatic heterocycles. The number of allylic oxidation sites excluding steroid dienone is 1. The molecule has 0 aromatic heterocycles. The fraction of sp³-hybridized carbons (Fsp3) is 0.808. The van der Waals surface area contributed by atoms with Crippen LogP contribution in [0, 0.1) is 34.0 Å². The van der Waals surface area contributed by atoms with Crippen molar-refractivity contribution in [2.45, 2.75) is 91.8 Å². The standard InChI is InChI=1S/C26H38O6/c1-15-12-26-13-19(15)7-8-20(26)24(5)10-9-22(31-17(3)28)25(6,14-30-16(2)27)21(24)11-23(26)32-18(4)29/h19-23H,1,7-14H2,2-6H3/t19-,20+,21+,22-,23+,24+,25-,26+/m1/s1. The molecule has 6 heteroatoms. The Kier molecular flexibility index (Phi) is 5.74. The van der Waals surface area contributed by atoms with Crippen molar-refractivity contribution in [3.05, 3.63) is 12.2 Å². The van der Waals surface area contributed by atoms with Gasteiger partial charge in [0.25, 0.3) is 0 Å². The normalized spacial score (nSPS) is 44.8. The van der Waals surface area contributed by atoms with Crippen LogP contribution in [0.15, 0.2) is 12.2 Å². The summed E-state index contributed by atoms with van der Waals surface area (Å²) in [5.41, 5.74) is 0.685. The lowest BCUT2D eigenvalue weighted by Gasteiger charge is -2.66. The number of hydrogen-bond acceptors (Lipinski definition) is 6. The van der Waals surface area contributed by atoms with Crippen molar-refractivity contribution in [1.29, 1.82) is 0 Å². The summed E-state index contributed by atoms with van der Waals surface area (Å²) in [6.45, 7) is 13.4. The number of fused-ring (bicyclic) bond motifs is 3. The summed E-state index contributed by atoms with van der Waals surface area (Å²) in [7, 11) is 0. The summed E-state index contributed by atoms with van der Waals surface area (Å²) in [5, 5.41) is 0. The first-order chi connectivity index (χ1) is 14.9. The van der Waals surface area contributed by atoms with Gasteiger partial charge in [-0.15, -0.1) is 0 Å². The van der Waals surface area contributed by atoms with Crippen molar-refractivity contribution in [3.8, 4) is 0 Å². The third-order valence-corrected chi connectivity index (χ3v) is 9.62. The van der Waals surface area contributed by atoms with E-state index in [1.807, 2.05) is 0 Å². The molecule has 0 radical (unpaired) electrons. The van der Waals surface area contributed by atoms with Gasteiger partial charge in [0.2, 0.25) is 0 Å². The first-order valence-electron chi connectivity index (χ1n) is 12.1. The molecule has 2 bridgehead atoms. The van der Waals surface area contributed by atoms with E-state index in [-0.39, 0.29) is 53.5 Å². The predicted octanol–water partition coefficient (Wildman–Crippen LogP) is 4.60. The maximum Gasteiger partial charge on any atom is 0.302 e. The maximum absolute atomic E-state index is 12.2. The molecule has 8 atom stereocenters. The van der Waals surface area contributed by atoms with Crippen molar-refractivity contribution < 1.29 is 28.6 Å². The fourth-order valence-corrected chi connectivity index (χ4v) is 8.46. The van der Waals surface area contributed by atoms with Crippen LogP contribution in [-0.2, 0) is 28.6 Å². The number of carbonyl (C=O) groups excluding carboxylic acids is 3. The number of rotatable bonds is 4. The molecule has 0 N–H and O–H groups in total. The van der Waals surface area contributed by atoms with Crippen LogP contribution >= 0.6 is 0 Å². The van der Waals surface area contributed by atoms with Crippen molar-refractivity contribution in [2.75, 3.05) is 6.61 Å². The molecule has 0 aromatic rings. The lowest BCUT2D eigenvalue weighted by Crippen LogP contribution is -2.65. The molecular formula is C26H38O6. The second kappa shape index (κ2) is 7.88. The Hall–Kier alpha value is -1.85. The number of hydrogen-bond donors (Lipinski definition) is 0. The average molecular weight is 447 g/mol. The zero-order valence-corrected chi connectivity index (χ0v) is 20.2. The van der Waals surface area contributed by atoms with Gasteiger partial charge < -0.3 is 14.2 Å². The Morgan fingerprint density at radius 2 is 1.59 bits per heavy atom. The zero-order chi connectivity index (χ0) is 23.5. The number of ether oxygens (including phenoxy) is 3. The molecule has 4 fully saturated rings. The molecule has 178 valence electrons. The Labute approximate surface area is 191 Å². The lowest BCUT2D eigenvalue weighted by molar-refractivity contribution is -0.243. The van der Waals surface area contributed by atoms with Gasteiger partial charge in [0.05, 0.1) is 0 Å². The summed E-state index contributed by atoms with van der Waals surface area (Å²) in [5.74, 6) is 0.108. The SMILES string of the molecule is C=C1C[C@]23C[C@H]1CC[C@H]2[C@]1(C)CC[C@@H](OC(C)=O)[C@](C)(COC(C)=O)[C@H]1C[C@@H]3OC(C)=O. The van der Waals surface area contributed by atoms with Crippen molar-refractivity contribution in [3.63, 3.8) is 0 Å². The molecule has 4 aliphatic carbocycles. The van der Waals surface area contributed by atoms with Crippen LogP contribution in [0.2, 0.25) is 0 Å². The van der Waals surface area contributed by atoms with Crippen molar-refractivity contribution in [1.82, 2.24) is 0 Å². The zero-order valence-electron chi connectivity index (χ0n) is 20.2. The molecule has 6 nitrogen and oxygen atoms in total. The van der Waals surface area contributed by atoms with E-state index in [0.29, 0.717) is 18.3 Å². The molecular weight excluding hydrogens is 408 g/mol. The highest BCUT2D eigenvalue weighted by atomic mass is 16.6. The minimum atomic E-state index is -0.545. The second-order valence-electron chi connectivity index (χ2n) is 11.4. The van der Waals surface area contributed by atoms with Gasteiger partial charge in [-0.25, -0.2) is 0 Å². The molecule has 0 amide bonds. The van der Waals surface area contributed by atoms with Crippen LogP contribution in [0.25, 0.3) is 0 Å². The van der Waals surface area contributed by atoms with Gasteiger partial charge in [-0.05, 0) is 68.1 Å². The van der Waals surface area contributed by atoms with Crippen LogP contribution in [-0.4, -0.2) is 36.7 Å². The van der Waals surface area contributed by atoms with Gasteiger partial charge in [0, 0.05) is 31.6 Å². The molecule has 4 rings (SSSR count). The Morgan fingerprint density at radius 1 is 0.938 bits per heavy atom. The van der Waals surface area contributed by atoms with E-state index < -0.39 is 5.41 Å². The Morgan fingerprint density at radius 3 is 2.22 bits per heavy atom. The lowest BCUT2D eigenvalue weighted by atomic mass is 9.40. The van der Waals surface area contributed by atoms with Gasteiger partial charge in [-0.3, -0.25) is 14.4 Å². The van der Waals surface area contributed by atoms with Crippen LogP contribution in [0.3, 0.4) is 0 Å². The summed E-state index contributed by atoms with van der Waals surface area (Å²) in [4.78, 5) is 35.9. The quantitative estimate of drug-likeness (QED) is 0.357. The van der Waals surface area contributed by atoms with E-state index in [1.165, 1.54) is 26.3 Å². The van der Waals surface area contributed by atoms with Crippen molar-refractivity contribution >= 4 is 17.9 Å². The Bertz CT molecular complexity index is 834. The number of carbonyl (C=O) groups is 3. The van der Waals surface area contributed by atoms with Gasteiger partial charge in [-0.2, -0.15) is 0 Å². The average Bonchev–Trinajstić information content (AvgIpc) is 2.94. The third-order valence-electron chi connectivity index (χ3n) is 9.62. The predicted molar refractivity (Wildman–Crippen MR) is 118 cm³/mol. The largest absolute Gasteiger partial charge is 0.465 e. The highest BCUT2D eigenvalue weighted by Gasteiger charge is 2.69. The smallest absolute Gasteiger partial charge is 0.302 e. The fourth-order valence-electron chi connectivity index (χ4n) is 8.46. The first kappa shape index (κ1) is 23.3. The molecule has 0 unspecified atom stereocenters. The second-order valence-corrected chi connectivity index (χ2v) is 11.4. The first-order valence-corrected chi connectivity index (χ1v) is 12.1. The van der Waals surface area contributed by atoms with Crippen LogP contribution in [0.1, 0.15) is 79.6 Å². The summed E-state index contributed by atoms with van der Waals surface area (Å²) in [6, 6.07) is 0. The number of esters is 3. The van der Waals surface area contributed by atoms with Gasteiger partial charge in [0.1, 0.15) is 18.8 Å². The highest BCUT2D eigenvalue weighted by molar-refractivity contribution is 5.67. The van der Waals surface area contributed by atoms with Gasteiger partial charge in [-0.1, -0.05) is 26.0 Å². The highest BCUT2D eigenvalue weighted by Crippen LogP contribution is 2.72. The minimum absolute atomic E-state index is 0.0161. The molecule has 1 spiro atoms. The van der Waals surface area contributed by atoms with Gasteiger partial charge >= 0.3 is 17.9 Å². The van der Waals surface area contributed by atoms with E-state index in [1.54, 1.807) is 0 Å². The Balaban J connectivity index is 1.78. The molecule has 4 saturated carbocycles. The summed E-state index contributed by atoms with van der Waals surface area (Å²) >= 11 is 0. The van der Waals surface area contributed by atoms with E-state index in [9.17, 15) is 14.4 Å². The van der Waals surface area contributed by atoms with Gasteiger partial charge in [0.15, 0.2) is 0 Å². The molecule has 0 aromatic carbocycles. The van der Waals surface area contributed by atoms with E-state index in [2.05, 4.69) is 20.4 Å². The minimum Gasteiger partial charge on any atom is -0.465 e. The van der Waals surface area contributed by atoms with Crippen molar-refractivity contribution in [2.24, 2.45) is 34.0 Å². The van der Waals surface area contributed by atoms with E-state index in [4.69, 9.17) is 14.2 Å². The maximum atomic E-state index is 12.2. The summed E-state index contributed by atoms with van der Waals surface area (Å²) in [6.07, 6.45) is 6.06. The van der Waals surface area contributed by atoms with E-state index >= 15 is 0 Å². The van der Waals surface area contributed by atoms with Crippen LogP contribution < -0.4 is 0 Å². The molecule has 32 heavy (non-hydrogen) atoms. The molecule has 0 saturated heterocycles. The monoisotopic (exact) mass is 446 g/mol. The molecule has 0 heterocycles. The van der Waals surface area contributed by atoms with Crippen LogP contribution in [0.5, 0.6) is 0 Å². The van der Waals surface area contributed by atoms with E-state index in [0.717, 1.165) is 38.5 Å². The molecule has 4 aliphatic rings. The third kappa shape index (κ3) is 3.49. The summed E-state index contributed by atoms with van der Waals surface area (Å²) < 4.78 is 17.4.